The van der Waals surface area contributed by atoms with Crippen molar-refractivity contribution in [2.75, 3.05) is 20.6 Å². The second-order valence-electron chi connectivity index (χ2n) is 5.60. The first-order chi connectivity index (χ1) is 9.91. The van der Waals surface area contributed by atoms with Crippen LogP contribution in [0.5, 0.6) is 0 Å². The Kier molecular flexibility index (Phi) is 5.05. The molecule has 0 aromatic carbocycles. The number of sulfonamides is 1. The largest absolute Gasteiger partial charge is 0.438 e. The number of furan rings is 1. The van der Waals surface area contributed by atoms with Crippen LogP contribution in [0, 0.1) is 5.92 Å². The predicted molar refractivity (Wildman–Crippen MR) is 78.5 cm³/mol. The number of amides is 1. The van der Waals surface area contributed by atoms with Crippen LogP contribution in [0.25, 0.3) is 0 Å². The zero-order chi connectivity index (χ0) is 15.5. The van der Waals surface area contributed by atoms with Crippen molar-refractivity contribution in [3.05, 3.63) is 17.9 Å². The molecular weight excluding hydrogens is 292 g/mol. The van der Waals surface area contributed by atoms with E-state index in [-0.39, 0.29) is 16.8 Å². The van der Waals surface area contributed by atoms with Crippen molar-refractivity contribution in [1.82, 2.24) is 9.62 Å². The molecule has 1 heterocycles. The maximum absolute atomic E-state index is 11.9. The molecule has 0 saturated heterocycles. The third-order valence-corrected chi connectivity index (χ3v) is 5.54. The van der Waals surface area contributed by atoms with Crippen LogP contribution in [-0.2, 0) is 10.0 Å². The number of carbonyl (C=O) groups excluding carboxylic acids is 1. The first-order valence-electron chi connectivity index (χ1n) is 7.22. The lowest BCUT2D eigenvalue weighted by molar-refractivity contribution is 0.0918. The lowest BCUT2D eigenvalue weighted by atomic mass is 10.0. The number of hydrogen-bond donors (Lipinski definition) is 1. The van der Waals surface area contributed by atoms with E-state index < -0.39 is 10.0 Å². The van der Waals surface area contributed by atoms with Crippen LogP contribution in [0.3, 0.4) is 0 Å². The molecule has 1 aromatic rings. The minimum atomic E-state index is -3.64. The van der Waals surface area contributed by atoms with Crippen LogP contribution in [0.4, 0.5) is 0 Å². The minimum Gasteiger partial charge on any atom is -0.438 e. The first-order valence-corrected chi connectivity index (χ1v) is 8.66. The van der Waals surface area contributed by atoms with Gasteiger partial charge in [-0.05, 0) is 24.5 Å². The lowest BCUT2D eigenvalue weighted by Gasteiger charge is -2.09. The first kappa shape index (κ1) is 16.0. The van der Waals surface area contributed by atoms with Crippen molar-refractivity contribution in [3.8, 4) is 0 Å². The molecule has 0 bridgehead atoms. The van der Waals surface area contributed by atoms with Crippen molar-refractivity contribution < 1.29 is 17.6 Å². The van der Waals surface area contributed by atoms with E-state index in [9.17, 15) is 13.2 Å². The zero-order valence-electron chi connectivity index (χ0n) is 12.5. The summed E-state index contributed by atoms with van der Waals surface area (Å²) in [5.41, 5.74) is 0. The summed E-state index contributed by atoms with van der Waals surface area (Å²) in [6.07, 6.45) is 6.00. The van der Waals surface area contributed by atoms with E-state index in [0.29, 0.717) is 12.5 Å². The van der Waals surface area contributed by atoms with E-state index >= 15 is 0 Å². The highest BCUT2D eigenvalue weighted by Gasteiger charge is 2.23. The zero-order valence-corrected chi connectivity index (χ0v) is 13.3. The van der Waals surface area contributed by atoms with Gasteiger partial charge in [0, 0.05) is 20.6 Å². The molecule has 2 rings (SSSR count). The van der Waals surface area contributed by atoms with Crippen LogP contribution in [0.2, 0.25) is 0 Å². The van der Waals surface area contributed by atoms with Gasteiger partial charge in [0.1, 0.15) is 0 Å². The molecule has 0 atom stereocenters. The average molecular weight is 314 g/mol. The summed E-state index contributed by atoms with van der Waals surface area (Å²) < 4.78 is 29.9. The van der Waals surface area contributed by atoms with Gasteiger partial charge in [-0.1, -0.05) is 25.7 Å². The lowest BCUT2D eigenvalue weighted by Crippen LogP contribution is -2.25. The molecule has 7 heteroatoms. The highest BCUT2D eigenvalue weighted by Crippen LogP contribution is 2.27. The monoisotopic (exact) mass is 314 g/mol. The van der Waals surface area contributed by atoms with Crippen LogP contribution >= 0.6 is 0 Å². The molecule has 0 radical (unpaired) electrons. The Hall–Kier alpha value is -1.34. The number of rotatable bonds is 6. The van der Waals surface area contributed by atoms with Crippen LogP contribution in [0.15, 0.2) is 21.6 Å². The summed E-state index contributed by atoms with van der Waals surface area (Å²) >= 11 is 0. The summed E-state index contributed by atoms with van der Waals surface area (Å²) in [5.74, 6) is 0.363. The molecule has 1 fully saturated rings. The SMILES string of the molecule is CN(C)S(=O)(=O)c1ccc(C(=O)NCCC2CCCC2)o1. The highest BCUT2D eigenvalue weighted by atomic mass is 32.2. The smallest absolute Gasteiger partial charge is 0.287 e. The summed E-state index contributed by atoms with van der Waals surface area (Å²) in [7, 11) is -0.805. The Morgan fingerprint density at radius 3 is 2.62 bits per heavy atom. The number of carbonyl (C=O) groups is 1. The van der Waals surface area contributed by atoms with Crippen LogP contribution in [-0.4, -0.2) is 39.3 Å². The van der Waals surface area contributed by atoms with E-state index in [0.717, 1.165) is 10.7 Å². The number of hydrogen-bond acceptors (Lipinski definition) is 4. The maximum atomic E-state index is 11.9. The summed E-state index contributed by atoms with van der Waals surface area (Å²) in [4.78, 5) is 11.9. The van der Waals surface area contributed by atoms with Gasteiger partial charge in [-0.25, -0.2) is 12.7 Å². The van der Waals surface area contributed by atoms with E-state index in [1.807, 2.05) is 0 Å². The molecule has 1 aromatic heterocycles. The van der Waals surface area contributed by atoms with Crippen LogP contribution < -0.4 is 5.32 Å². The normalized spacial score (nSPS) is 16.5. The molecule has 6 nitrogen and oxygen atoms in total. The second-order valence-corrected chi connectivity index (χ2v) is 7.68. The molecule has 0 unspecified atom stereocenters. The third kappa shape index (κ3) is 3.85. The molecule has 0 spiro atoms. The molecule has 1 saturated carbocycles. The van der Waals surface area contributed by atoms with Crippen molar-refractivity contribution in [3.63, 3.8) is 0 Å². The molecule has 1 N–H and O–H groups in total. The van der Waals surface area contributed by atoms with E-state index in [1.165, 1.54) is 51.9 Å². The third-order valence-electron chi connectivity index (χ3n) is 3.85. The Morgan fingerprint density at radius 2 is 2.00 bits per heavy atom. The average Bonchev–Trinajstić information content (AvgIpc) is 3.09. The van der Waals surface area contributed by atoms with Crippen molar-refractivity contribution in [1.29, 1.82) is 0 Å². The standard InChI is InChI=1S/C14H22N2O4S/c1-16(2)21(18,19)13-8-7-12(20-13)14(17)15-10-9-11-5-3-4-6-11/h7-8,11H,3-6,9-10H2,1-2H3,(H,15,17). The second kappa shape index (κ2) is 6.62. The Labute approximate surface area is 125 Å². The topological polar surface area (TPSA) is 79.6 Å². The fraction of sp³-hybridized carbons (Fsp3) is 0.643. The number of nitrogens with one attached hydrogen (secondary N) is 1. The highest BCUT2D eigenvalue weighted by molar-refractivity contribution is 7.88. The van der Waals surface area contributed by atoms with Crippen molar-refractivity contribution in [2.24, 2.45) is 5.92 Å². The van der Waals surface area contributed by atoms with Crippen LogP contribution in [0.1, 0.15) is 42.7 Å². The Balaban J connectivity index is 1.90. The fourth-order valence-electron chi connectivity index (χ4n) is 2.54. The predicted octanol–water partition coefficient (Wildman–Crippen LogP) is 1.84. The van der Waals surface area contributed by atoms with E-state index in [2.05, 4.69) is 5.32 Å². The minimum absolute atomic E-state index is 0.0295. The van der Waals surface area contributed by atoms with Gasteiger partial charge < -0.3 is 9.73 Å². The van der Waals surface area contributed by atoms with Gasteiger partial charge in [0.05, 0.1) is 0 Å². The van der Waals surface area contributed by atoms with Gasteiger partial charge in [-0.15, -0.1) is 0 Å². The molecule has 1 aliphatic rings. The summed E-state index contributed by atoms with van der Waals surface area (Å²) in [6.45, 7) is 0.597. The maximum Gasteiger partial charge on any atom is 0.287 e. The molecule has 1 aliphatic carbocycles. The molecule has 118 valence electrons. The quantitative estimate of drug-likeness (QED) is 0.869. The summed E-state index contributed by atoms with van der Waals surface area (Å²) in [6, 6.07) is 2.70. The number of nitrogens with zero attached hydrogens (tertiary/aromatic N) is 1. The van der Waals surface area contributed by atoms with Gasteiger partial charge in [-0.3, -0.25) is 4.79 Å². The van der Waals surface area contributed by atoms with E-state index in [4.69, 9.17) is 4.42 Å². The summed E-state index contributed by atoms with van der Waals surface area (Å²) in [5, 5.41) is 2.56. The Bertz CT molecular complexity index is 586. The molecular formula is C14H22N2O4S. The van der Waals surface area contributed by atoms with Gasteiger partial charge >= 0.3 is 0 Å². The molecule has 21 heavy (non-hydrogen) atoms. The van der Waals surface area contributed by atoms with E-state index in [1.54, 1.807) is 0 Å². The van der Waals surface area contributed by atoms with Crippen molar-refractivity contribution >= 4 is 15.9 Å². The van der Waals surface area contributed by atoms with Crippen molar-refractivity contribution in [2.45, 2.75) is 37.2 Å². The van der Waals surface area contributed by atoms with Gasteiger partial charge in [0.2, 0.25) is 5.09 Å². The van der Waals surface area contributed by atoms with Gasteiger partial charge in [0.25, 0.3) is 15.9 Å². The van der Waals surface area contributed by atoms with Gasteiger partial charge in [-0.2, -0.15) is 0 Å². The molecule has 0 aliphatic heterocycles. The fourth-order valence-corrected chi connectivity index (χ4v) is 3.33. The molecule has 1 amide bonds. The Morgan fingerprint density at radius 1 is 1.33 bits per heavy atom. The van der Waals surface area contributed by atoms with Gasteiger partial charge in [0.15, 0.2) is 5.76 Å².